The molecular formula is C15H16F3N3. The van der Waals surface area contributed by atoms with Crippen molar-refractivity contribution in [2.24, 2.45) is 5.92 Å². The molecule has 0 radical (unpaired) electrons. The molecule has 2 aromatic rings. The molecule has 1 atom stereocenters. The van der Waals surface area contributed by atoms with Gasteiger partial charge in [-0.2, -0.15) is 13.2 Å². The molecule has 0 amide bonds. The van der Waals surface area contributed by atoms with E-state index in [1.807, 2.05) is 0 Å². The number of aromatic nitrogens is 2. The molecule has 3 nitrogen and oxygen atoms in total. The third-order valence-corrected chi connectivity index (χ3v) is 3.71. The number of H-pyrrole nitrogens is 1. The Bertz CT molecular complexity index is 588. The SMILES string of the molecule is FC(F)(F)c1cccc([C@H](NCc2ncc[nH]2)C2CC2)c1. The highest BCUT2D eigenvalue weighted by Crippen LogP contribution is 2.42. The first-order valence-corrected chi connectivity index (χ1v) is 6.93. The van der Waals surface area contributed by atoms with E-state index in [4.69, 9.17) is 0 Å². The molecule has 1 aliphatic carbocycles. The lowest BCUT2D eigenvalue weighted by molar-refractivity contribution is -0.137. The summed E-state index contributed by atoms with van der Waals surface area (Å²) in [7, 11) is 0. The first-order valence-electron chi connectivity index (χ1n) is 6.93. The number of aromatic amines is 1. The first-order chi connectivity index (χ1) is 10.0. The number of rotatable bonds is 5. The van der Waals surface area contributed by atoms with Crippen molar-refractivity contribution in [3.05, 3.63) is 53.6 Å². The van der Waals surface area contributed by atoms with Crippen LogP contribution in [0.15, 0.2) is 36.7 Å². The van der Waals surface area contributed by atoms with Crippen LogP contribution < -0.4 is 5.32 Å². The quantitative estimate of drug-likeness (QED) is 0.883. The van der Waals surface area contributed by atoms with E-state index in [1.165, 1.54) is 12.1 Å². The Morgan fingerprint density at radius 2 is 2.14 bits per heavy atom. The maximum Gasteiger partial charge on any atom is 0.416 e. The van der Waals surface area contributed by atoms with Crippen LogP contribution in [0.1, 0.15) is 35.8 Å². The number of nitrogens with one attached hydrogen (secondary N) is 2. The normalized spacial score (nSPS) is 16.9. The highest BCUT2D eigenvalue weighted by Gasteiger charge is 2.35. The van der Waals surface area contributed by atoms with Crippen LogP contribution in [0.3, 0.4) is 0 Å². The fraction of sp³-hybridized carbons (Fsp3) is 0.400. The van der Waals surface area contributed by atoms with Gasteiger partial charge in [-0.25, -0.2) is 4.98 Å². The zero-order chi connectivity index (χ0) is 14.9. The molecule has 0 bridgehead atoms. The number of benzene rings is 1. The monoisotopic (exact) mass is 295 g/mol. The molecule has 3 rings (SSSR count). The minimum atomic E-state index is -4.30. The van der Waals surface area contributed by atoms with Gasteiger partial charge in [0.1, 0.15) is 5.82 Å². The van der Waals surface area contributed by atoms with Crippen LogP contribution in [0.5, 0.6) is 0 Å². The number of hydrogen-bond acceptors (Lipinski definition) is 2. The molecule has 2 N–H and O–H groups in total. The lowest BCUT2D eigenvalue weighted by Gasteiger charge is -2.19. The zero-order valence-corrected chi connectivity index (χ0v) is 11.3. The van der Waals surface area contributed by atoms with E-state index in [-0.39, 0.29) is 6.04 Å². The van der Waals surface area contributed by atoms with Crippen molar-refractivity contribution in [2.45, 2.75) is 31.6 Å². The van der Waals surface area contributed by atoms with Gasteiger partial charge in [0, 0.05) is 18.4 Å². The average molecular weight is 295 g/mol. The second-order valence-corrected chi connectivity index (χ2v) is 5.36. The fourth-order valence-electron chi connectivity index (χ4n) is 2.50. The highest BCUT2D eigenvalue weighted by atomic mass is 19.4. The Morgan fingerprint density at radius 1 is 1.33 bits per heavy atom. The van der Waals surface area contributed by atoms with E-state index < -0.39 is 11.7 Å². The van der Waals surface area contributed by atoms with Crippen molar-refractivity contribution in [2.75, 3.05) is 0 Å². The summed E-state index contributed by atoms with van der Waals surface area (Å²) in [5.41, 5.74) is 0.101. The van der Waals surface area contributed by atoms with Gasteiger partial charge in [0.05, 0.1) is 12.1 Å². The van der Waals surface area contributed by atoms with Gasteiger partial charge in [-0.3, -0.25) is 0 Å². The van der Waals surface area contributed by atoms with Crippen molar-refractivity contribution >= 4 is 0 Å². The van der Waals surface area contributed by atoms with E-state index >= 15 is 0 Å². The van der Waals surface area contributed by atoms with E-state index in [0.29, 0.717) is 18.0 Å². The molecule has 1 aromatic heterocycles. The molecule has 1 aliphatic rings. The molecule has 1 heterocycles. The fourth-order valence-corrected chi connectivity index (χ4v) is 2.50. The summed E-state index contributed by atoms with van der Waals surface area (Å²) in [4.78, 5) is 7.11. The molecule has 1 fully saturated rings. The van der Waals surface area contributed by atoms with Crippen molar-refractivity contribution < 1.29 is 13.2 Å². The third kappa shape index (κ3) is 3.44. The average Bonchev–Trinajstić information content (AvgIpc) is 3.14. The predicted octanol–water partition coefficient (Wildman–Crippen LogP) is 3.67. The molecule has 112 valence electrons. The molecule has 1 aromatic carbocycles. The highest BCUT2D eigenvalue weighted by molar-refractivity contribution is 5.29. The smallest absolute Gasteiger partial charge is 0.348 e. The molecule has 0 unspecified atom stereocenters. The Morgan fingerprint density at radius 3 is 2.76 bits per heavy atom. The molecule has 0 saturated heterocycles. The molecule has 6 heteroatoms. The topological polar surface area (TPSA) is 40.7 Å². The summed E-state index contributed by atoms with van der Waals surface area (Å²) in [5, 5.41) is 3.32. The Balaban J connectivity index is 1.77. The van der Waals surface area contributed by atoms with Crippen LogP contribution >= 0.6 is 0 Å². The Hall–Kier alpha value is -1.82. The number of hydrogen-bond donors (Lipinski definition) is 2. The van der Waals surface area contributed by atoms with Gasteiger partial charge >= 0.3 is 6.18 Å². The number of halogens is 3. The predicted molar refractivity (Wildman–Crippen MR) is 72.3 cm³/mol. The zero-order valence-electron chi connectivity index (χ0n) is 11.3. The summed E-state index contributed by atoms with van der Waals surface area (Å²) < 4.78 is 38.5. The summed E-state index contributed by atoms with van der Waals surface area (Å²) >= 11 is 0. The Kier molecular flexibility index (Phi) is 3.71. The van der Waals surface area contributed by atoms with Gasteiger partial charge in [0.15, 0.2) is 0 Å². The van der Waals surface area contributed by atoms with Gasteiger partial charge in [-0.05, 0) is 36.5 Å². The van der Waals surface area contributed by atoms with Crippen molar-refractivity contribution in [1.82, 2.24) is 15.3 Å². The Labute approximate surface area is 120 Å². The van der Waals surface area contributed by atoms with E-state index in [9.17, 15) is 13.2 Å². The van der Waals surface area contributed by atoms with Gasteiger partial charge in [-0.1, -0.05) is 12.1 Å². The molecule has 1 saturated carbocycles. The van der Waals surface area contributed by atoms with Crippen LogP contribution in [0.4, 0.5) is 13.2 Å². The van der Waals surface area contributed by atoms with E-state index in [1.54, 1.807) is 18.5 Å². The van der Waals surface area contributed by atoms with Gasteiger partial charge in [-0.15, -0.1) is 0 Å². The van der Waals surface area contributed by atoms with E-state index in [0.717, 1.165) is 24.7 Å². The third-order valence-electron chi connectivity index (χ3n) is 3.71. The molecule has 21 heavy (non-hydrogen) atoms. The minimum absolute atomic E-state index is 0.0580. The second kappa shape index (κ2) is 5.52. The molecule has 0 spiro atoms. The van der Waals surface area contributed by atoms with Crippen LogP contribution in [0, 0.1) is 5.92 Å². The summed E-state index contributed by atoms with van der Waals surface area (Å²) in [6.45, 7) is 0.518. The number of imidazole rings is 1. The van der Waals surface area contributed by atoms with Crippen LogP contribution in [0.25, 0.3) is 0 Å². The summed E-state index contributed by atoms with van der Waals surface area (Å²) in [6.07, 6.45) is 1.18. The van der Waals surface area contributed by atoms with Crippen LogP contribution in [0.2, 0.25) is 0 Å². The van der Waals surface area contributed by atoms with Gasteiger partial charge in [0.25, 0.3) is 0 Å². The number of alkyl halides is 3. The first kappa shape index (κ1) is 14.1. The van der Waals surface area contributed by atoms with Crippen molar-refractivity contribution in [3.8, 4) is 0 Å². The standard InChI is InChI=1S/C15H16F3N3/c16-15(17,18)12-3-1-2-11(8-12)14(10-4-5-10)21-9-13-19-6-7-20-13/h1-3,6-8,10,14,21H,4-5,9H2,(H,19,20)/t14-/m1/s1. The lowest BCUT2D eigenvalue weighted by atomic mass is 10.00. The maximum atomic E-state index is 12.8. The second-order valence-electron chi connectivity index (χ2n) is 5.36. The number of nitrogens with zero attached hydrogens (tertiary/aromatic N) is 1. The molecular weight excluding hydrogens is 279 g/mol. The maximum absolute atomic E-state index is 12.8. The lowest BCUT2D eigenvalue weighted by Crippen LogP contribution is -2.23. The van der Waals surface area contributed by atoms with Crippen molar-refractivity contribution in [1.29, 1.82) is 0 Å². The largest absolute Gasteiger partial charge is 0.416 e. The van der Waals surface area contributed by atoms with Crippen molar-refractivity contribution in [3.63, 3.8) is 0 Å². The van der Waals surface area contributed by atoms with Crippen LogP contribution in [-0.2, 0) is 12.7 Å². The van der Waals surface area contributed by atoms with Gasteiger partial charge < -0.3 is 10.3 Å². The van der Waals surface area contributed by atoms with E-state index in [2.05, 4.69) is 15.3 Å². The van der Waals surface area contributed by atoms with Crippen LogP contribution in [-0.4, -0.2) is 9.97 Å². The summed E-state index contributed by atoms with van der Waals surface area (Å²) in [6, 6.07) is 5.53. The van der Waals surface area contributed by atoms with Gasteiger partial charge in [0.2, 0.25) is 0 Å². The molecule has 0 aliphatic heterocycles. The summed E-state index contributed by atoms with van der Waals surface area (Å²) in [5.74, 6) is 1.19. The minimum Gasteiger partial charge on any atom is -0.348 e.